The zero-order valence-corrected chi connectivity index (χ0v) is 19.6. The zero-order valence-electron chi connectivity index (χ0n) is 18.0. The van der Waals surface area contributed by atoms with Crippen LogP contribution >= 0.6 is 23.4 Å². The fourth-order valence-corrected chi connectivity index (χ4v) is 4.07. The predicted octanol–water partition coefficient (Wildman–Crippen LogP) is 5.34. The number of nitrogens with one attached hydrogen (secondary N) is 1. The molecule has 1 aromatic heterocycles. The first-order chi connectivity index (χ1) is 16.1. The summed E-state index contributed by atoms with van der Waals surface area (Å²) in [4.78, 5) is 12.5. The van der Waals surface area contributed by atoms with E-state index < -0.39 is 0 Å². The molecule has 3 aromatic carbocycles. The summed E-state index contributed by atoms with van der Waals surface area (Å²) >= 11 is 7.43. The first-order valence-electron chi connectivity index (χ1n) is 10.0. The van der Waals surface area contributed by atoms with Crippen LogP contribution in [0.15, 0.2) is 78.0 Å². The third-order valence-electron chi connectivity index (χ3n) is 4.79. The van der Waals surface area contributed by atoms with Gasteiger partial charge in [0.1, 0.15) is 11.5 Å². The number of carbonyl (C=O) groups is 1. The Morgan fingerprint density at radius 1 is 0.939 bits per heavy atom. The van der Waals surface area contributed by atoms with Gasteiger partial charge in [-0.1, -0.05) is 35.5 Å². The van der Waals surface area contributed by atoms with Crippen molar-refractivity contribution in [3.63, 3.8) is 0 Å². The molecule has 0 atom stereocenters. The van der Waals surface area contributed by atoms with Gasteiger partial charge in [0, 0.05) is 11.3 Å². The van der Waals surface area contributed by atoms with Gasteiger partial charge in [-0.3, -0.25) is 9.36 Å². The molecule has 1 heterocycles. The van der Waals surface area contributed by atoms with Crippen LogP contribution < -0.4 is 14.8 Å². The lowest BCUT2D eigenvalue weighted by Crippen LogP contribution is -2.14. The Hall–Kier alpha value is -3.49. The fourth-order valence-electron chi connectivity index (χ4n) is 3.13. The Balaban J connectivity index is 1.62. The molecular formula is C24H21ClN4O3S. The van der Waals surface area contributed by atoms with Gasteiger partial charge < -0.3 is 14.8 Å². The zero-order chi connectivity index (χ0) is 23.2. The van der Waals surface area contributed by atoms with Crippen LogP contribution in [0.5, 0.6) is 11.5 Å². The molecule has 1 amide bonds. The first-order valence-corrected chi connectivity index (χ1v) is 11.4. The Kier molecular flexibility index (Phi) is 7.16. The number of hydrogen-bond donors (Lipinski definition) is 1. The molecule has 1 N–H and O–H groups in total. The number of methoxy groups -OCH3 is 2. The minimum absolute atomic E-state index is 0.141. The lowest BCUT2D eigenvalue weighted by Gasteiger charge is -2.12. The number of benzene rings is 3. The highest BCUT2D eigenvalue weighted by Crippen LogP contribution is 2.30. The van der Waals surface area contributed by atoms with Crippen molar-refractivity contribution in [1.29, 1.82) is 0 Å². The third kappa shape index (κ3) is 5.30. The summed E-state index contributed by atoms with van der Waals surface area (Å²) in [5, 5.41) is 12.7. The van der Waals surface area contributed by atoms with E-state index in [2.05, 4.69) is 15.5 Å². The number of carbonyl (C=O) groups excluding carboxylic acids is 1. The Morgan fingerprint density at radius 3 is 2.21 bits per heavy atom. The largest absolute Gasteiger partial charge is 0.497 e. The Bertz CT molecular complexity index is 1240. The smallest absolute Gasteiger partial charge is 0.234 e. The van der Waals surface area contributed by atoms with Crippen molar-refractivity contribution in [1.82, 2.24) is 14.8 Å². The van der Waals surface area contributed by atoms with E-state index in [-0.39, 0.29) is 11.7 Å². The molecule has 33 heavy (non-hydrogen) atoms. The van der Waals surface area contributed by atoms with Crippen LogP contribution in [0.1, 0.15) is 0 Å². The van der Waals surface area contributed by atoms with Crippen molar-refractivity contribution >= 4 is 35.0 Å². The molecule has 0 spiro atoms. The number of hydrogen-bond acceptors (Lipinski definition) is 6. The van der Waals surface area contributed by atoms with Crippen LogP contribution in [-0.4, -0.2) is 40.6 Å². The lowest BCUT2D eigenvalue weighted by molar-refractivity contribution is -0.113. The normalized spacial score (nSPS) is 10.6. The van der Waals surface area contributed by atoms with Gasteiger partial charge in [0.05, 0.1) is 30.7 Å². The van der Waals surface area contributed by atoms with Crippen LogP contribution in [0.4, 0.5) is 5.69 Å². The van der Waals surface area contributed by atoms with Crippen molar-refractivity contribution in [2.45, 2.75) is 5.16 Å². The summed E-state index contributed by atoms with van der Waals surface area (Å²) in [6.45, 7) is 0. The van der Waals surface area contributed by atoms with Crippen molar-refractivity contribution in [3.05, 3.63) is 77.8 Å². The molecule has 4 aromatic rings. The lowest BCUT2D eigenvalue weighted by atomic mass is 10.2. The second-order valence-corrected chi connectivity index (χ2v) is 8.23. The quantitative estimate of drug-likeness (QED) is 0.343. The number of ether oxygens (including phenoxy) is 2. The van der Waals surface area contributed by atoms with Gasteiger partial charge in [0.2, 0.25) is 5.91 Å². The van der Waals surface area contributed by atoms with E-state index in [9.17, 15) is 4.79 Å². The molecular weight excluding hydrogens is 460 g/mol. The first kappa shape index (κ1) is 22.7. The van der Waals surface area contributed by atoms with E-state index in [1.165, 1.54) is 11.8 Å². The molecule has 0 saturated carbocycles. The number of rotatable bonds is 8. The summed E-state index contributed by atoms with van der Waals surface area (Å²) < 4.78 is 12.4. The van der Waals surface area contributed by atoms with Gasteiger partial charge in [0.15, 0.2) is 11.0 Å². The molecule has 4 rings (SSSR count). The molecule has 0 aliphatic rings. The van der Waals surface area contributed by atoms with Crippen LogP contribution in [0, 0.1) is 0 Å². The SMILES string of the molecule is COc1ccc(-c2nnc(SCC(=O)Nc3ccccc3Cl)n2-c2ccc(OC)cc2)cc1. The van der Waals surface area contributed by atoms with Crippen molar-refractivity contribution < 1.29 is 14.3 Å². The number of amides is 1. The molecule has 9 heteroatoms. The fraction of sp³-hybridized carbons (Fsp3) is 0.125. The minimum atomic E-state index is -0.191. The Morgan fingerprint density at radius 2 is 1.58 bits per heavy atom. The van der Waals surface area contributed by atoms with Crippen LogP contribution in [0.2, 0.25) is 5.02 Å². The molecule has 7 nitrogen and oxygen atoms in total. The highest BCUT2D eigenvalue weighted by atomic mass is 35.5. The van der Waals surface area contributed by atoms with Gasteiger partial charge in [0.25, 0.3) is 0 Å². The van der Waals surface area contributed by atoms with Gasteiger partial charge in [-0.05, 0) is 60.7 Å². The molecule has 0 saturated heterocycles. The molecule has 0 aliphatic carbocycles. The van der Waals surface area contributed by atoms with Gasteiger partial charge >= 0.3 is 0 Å². The number of halogens is 1. The number of para-hydroxylation sites is 1. The maximum absolute atomic E-state index is 12.5. The van der Waals surface area contributed by atoms with E-state index in [1.807, 2.05) is 65.2 Å². The average molecular weight is 481 g/mol. The molecule has 0 bridgehead atoms. The minimum Gasteiger partial charge on any atom is -0.497 e. The van der Waals surface area contributed by atoms with Gasteiger partial charge in [-0.2, -0.15) is 0 Å². The van der Waals surface area contributed by atoms with Crippen LogP contribution in [-0.2, 0) is 4.79 Å². The standard InChI is InChI=1S/C24H21ClN4O3S/c1-31-18-11-7-16(8-12-18)23-27-28-24(29(23)17-9-13-19(32-2)14-10-17)33-15-22(30)26-21-6-4-3-5-20(21)25/h3-14H,15H2,1-2H3,(H,26,30). The maximum Gasteiger partial charge on any atom is 0.234 e. The van der Waals surface area contributed by atoms with Crippen molar-refractivity contribution in [2.75, 3.05) is 25.3 Å². The van der Waals surface area contributed by atoms with E-state index >= 15 is 0 Å². The Labute approximate surface area is 200 Å². The van der Waals surface area contributed by atoms with Gasteiger partial charge in [-0.15, -0.1) is 10.2 Å². The third-order valence-corrected chi connectivity index (χ3v) is 6.05. The molecule has 0 aliphatic heterocycles. The summed E-state index contributed by atoms with van der Waals surface area (Å²) in [7, 11) is 3.24. The topological polar surface area (TPSA) is 78.3 Å². The summed E-state index contributed by atoms with van der Waals surface area (Å²) in [5.74, 6) is 2.09. The molecule has 0 unspecified atom stereocenters. The molecule has 168 valence electrons. The number of aromatic nitrogens is 3. The summed E-state index contributed by atoms with van der Waals surface area (Å²) in [6, 6.07) is 22.3. The van der Waals surface area contributed by atoms with E-state index in [0.29, 0.717) is 21.7 Å². The van der Waals surface area contributed by atoms with Crippen molar-refractivity contribution in [3.8, 4) is 28.6 Å². The van der Waals surface area contributed by atoms with E-state index in [4.69, 9.17) is 21.1 Å². The van der Waals surface area contributed by atoms with E-state index in [0.717, 1.165) is 22.7 Å². The number of anilines is 1. The second-order valence-electron chi connectivity index (χ2n) is 6.88. The van der Waals surface area contributed by atoms with Crippen molar-refractivity contribution in [2.24, 2.45) is 0 Å². The second kappa shape index (κ2) is 10.4. The molecule has 0 radical (unpaired) electrons. The van der Waals surface area contributed by atoms with Gasteiger partial charge in [-0.25, -0.2) is 0 Å². The highest BCUT2D eigenvalue weighted by molar-refractivity contribution is 7.99. The van der Waals surface area contributed by atoms with Crippen LogP contribution in [0.3, 0.4) is 0 Å². The summed E-state index contributed by atoms with van der Waals surface area (Å²) in [5.41, 5.74) is 2.28. The number of thioether (sulfide) groups is 1. The summed E-state index contributed by atoms with van der Waals surface area (Å²) in [6.07, 6.45) is 0. The highest BCUT2D eigenvalue weighted by Gasteiger charge is 2.18. The van der Waals surface area contributed by atoms with E-state index in [1.54, 1.807) is 26.4 Å². The monoisotopic (exact) mass is 480 g/mol. The maximum atomic E-state index is 12.5. The van der Waals surface area contributed by atoms with Crippen LogP contribution in [0.25, 0.3) is 17.1 Å². The average Bonchev–Trinajstić information content (AvgIpc) is 3.28. The molecule has 0 fully saturated rings. The number of nitrogens with zero attached hydrogens (tertiary/aromatic N) is 3. The predicted molar refractivity (Wildman–Crippen MR) is 131 cm³/mol.